The van der Waals surface area contributed by atoms with Gasteiger partial charge in [0.1, 0.15) is 24.0 Å². The Morgan fingerprint density at radius 1 is 0.929 bits per heavy atom. The lowest BCUT2D eigenvalue weighted by Crippen LogP contribution is -2.43. The first-order valence-electron chi connectivity index (χ1n) is 15.9. The molecule has 1 saturated carbocycles. The Morgan fingerprint density at radius 2 is 1.67 bits per heavy atom. The van der Waals surface area contributed by atoms with Gasteiger partial charge in [0.05, 0.1) is 24.2 Å². The van der Waals surface area contributed by atoms with Crippen molar-refractivity contribution in [2.75, 3.05) is 49.1 Å². The van der Waals surface area contributed by atoms with Gasteiger partial charge in [-0.15, -0.1) is 0 Å². The molecule has 2 aromatic carbocycles. The Hall–Kier alpha value is -3.52. The van der Waals surface area contributed by atoms with E-state index in [1.807, 2.05) is 0 Å². The maximum Gasteiger partial charge on any atom is 0.318 e. The lowest BCUT2D eigenvalue weighted by molar-refractivity contribution is -0.123. The predicted molar refractivity (Wildman–Crippen MR) is 162 cm³/mol. The van der Waals surface area contributed by atoms with Crippen LogP contribution in [0.4, 0.5) is 11.5 Å². The topological polar surface area (TPSA) is 78.9 Å². The van der Waals surface area contributed by atoms with Crippen LogP contribution in [0.2, 0.25) is 0 Å². The summed E-state index contributed by atoms with van der Waals surface area (Å²) in [7, 11) is 0. The average molecular weight is 566 g/mol. The van der Waals surface area contributed by atoms with Crippen molar-refractivity contribution in [2.24, 2.45) is 11.8 Å². The van der Waals surface area contributed by atoms with Gasteiger partial charge in [-0.3, -0.25) is 14.5 Å². The Kier molecular flexibility index (Phi) is 6.25. The molecule has 8 heteroatoms. The lowest BCUT2D eigenvalue weighted by Gasteiger charge is -2.34. The average Bonchev–Trinajstić information content (AvgIpc) is 3.77. The molecule has 8 nitrogen and oxygen atoms in total. The van der Waals surface area contributed by atoms with Crippen LogP contribution >= 0.6 is 0 Å². The number of aryl methyl sites for hydroxylation is 1. The summed E-state index contributed by atoms with van der Waals surface area (Å²) in [6.45, 7) is 7.78. The third-order valence-corrected chi connectivity index (χ3v) is 10.8. The number of rotatable bonds is 6. The first-order chi connectivity index (χ1) is 20.5. The summed E-state index contributed by atoms with van der Waals surface area (Å²) in [4.78, 5) is 42.5. The molecule has 218 valence electrons. The van der Waals surface area contributed by atoms with E-state index in [0.717, 1.165) is 49.6 Å². The highest BCUT2D eigenvalue weighted by molar-refractivity contribution is 6.09. The Balaban J connectivity index is 1.15. The van der Waals surface area contributed by atoms with Crippen molar-refractivity contribution in [2.45, 2.75) is 64.0 Å². The number of aromatic nitrogens is 2. The van der Waals surface area contributed by atoms with Crippen LogP contribution in [0.15, 0.2) is 36.4 Å². The fraction of sp³-hybridized carbons (Fsp3) is 0.529. The van der Waals surface area contributed by atoms with Crippen LogP contribution in [0.25, 0.3) is 10.8 Å². The van der Waals surface area contributed by atoms with Crippen molar-refractivity contribution in [3.05, 3.63) is 53.2 Å². The number of carbonyl (C=O) groups is 2. The third-order valence-electron chi connectivity index (χ3n) is 10.8. The highest BCUT2D eigenvalue weighted by Crippen LogP contribution is 2.41. The van der Waals surface area contributed by atoms with Gasteiger partial charge in [0.15, 0.2) is 0 Å². The van der Waals surface area contributed by atoms with Crippen LogP contribution in [0.3, 0.4) is 0 Å². The molecule has 0 amide bonds. The molecule has 42 heavy (non-hydrogen) atoms. The molecule has 8 rings (SSSR count). The van der Waals surface area contributed by atoms with Crippen LogP contribution < -0.4 is 14.5 Å². The number of fused-ring (bicyclic) bond motifs is 4. The van der Waals surface area contributed by atoms with Gasteiger partial charge in [-0.05, 0) is 68.6 Å². The number of Topliss-reactive ketones (excluding diaryl/α,β-unsaturated/α-hetero) is 2. The van der Waals surface area contributed by atoms with Crippen LogP contribution in [0.1, 0.15) is 55.8 Å². The molecule has 2 atom stereocenters. The highest BCUT2D eigenvalue weighted by atomic mass is 16.5. The van der Waals surface area contributed by atoms with E-state index < -0.39 is 0 Å². The predicted octanol–water partition coefficient (Wildman–Crippen LogP) is 4.36. The molecule has 4 aliphatic heterocycles. The number of hydrogen-bond acceptors (Lipinski definition) is 8. The standard InChI is InChI=1S/C34H39N5O3/c1-2-22-7-3-8-23-9-4-10-28(31(22)23)37-16-11-24-27(20-37)35-33(42-21-34-12-5-14-39(34)15-6-13-34)36-32(24)38-18-25-26(19-38)30(41)17-29(25)40/h3-4,7-10,25-26H,2,5-6,11-21H2,1H3/t25-,26+. The molecule has 5 heterocycles. The molecule has 0 radical (unpaired) electrons. The summed E-state index contributed by atoms with van der Waals surface area (Å²) in [5.41, 5.74) is 4.84. The normalized spacial score (nSPS) is 24.9. The van der Waals surface area contributed by atoms with Gasteiger partial charge in [0.25, 0.3) is 0 Å². The molecule has 1 aliphatic carbocycles. The number of nitrogens with zero attached hydrogens (tertiary/aromatic N) is 5. The molecule has 3 aromatic rings. The van der Waals surface area contributed by atoms with Gasteiger partial charge in [-0.1, -0.05) is 37.3 Å². The zero-order valence-electron chi connectivity index (χ0n) is 24.5. The van der Waals surface area contributed by atoms with Crippen LogP contribution in [0.5, 0.6) is 6.01 Å². The fourth-order valence-corrected chi connectivity index (χ4v) is 8.60. The Morgan fingerprint density at radius 3 is 2.40 bits per heavy atom. The van der Waals surface area contributed by atoms with Crippen LogP contribution in [-0.2, 0) is 29.0 Å². The van der Waals surface area contributed by atoms with Crippen molar-refractivity contribution in [3.8, 4) is 6.01 Å². The van der Waals surface area contributed by atoms with Crippen LogP contribution in [-0.4, -0.2) is 71.3 Å². The summed E-state index contributed by atoms with van der Waals surface area (Å²) < 4.78 is 6.50. The van der Waals surface area contributed by atoms with E-state index in [0.29, 0.717) is 32.3 Å². The summed E-state index contributed by atoms with van der Waals surface area (Å²) in [5, 5.41) is 2.59. The summed E-state index contributed by atoms with van der Waals surface area (Å²) >= 11 is 0. The maximum absolute atomic E-state index is 12.6. The maximum atomic E-state index is 12.6. The van der Waals surface area contributed by atoms with Crippen molar-refractivity contribution in [1.29, 1.82) is 0 Å². The molecule has 0 bridgehead atoms. The number of ketones is 2. The SMILES string of the molecule is CCc1cccc2cccc(N3CCc4c(nc(OCC56CCCN5CCC6)nc4N4C[C@@H]5C(=O)CC(=O)[C@@H]5C4)C3)c12. The van der Waals surface area contributed by atoms with E-state index in [-0.39, 0.29) is 35.4 Å². The number of carbonyl (C=O) groups excluding carboxylic acids is 2. The molecular weight excluding hydrogens is 526 g/mol. The second-order valence-electron chi connectivity index (χ2n) is 13.0. The quantitative estimate of drug-likeness (QED) is 0.408. The molecule has 0 unspecified atom stereocenters. The van der Waals surface area contributed by atoms with Gasteiger partial charge < -0.3 is 14.5 Å². The number of ether oxygens (including phenoxy) is 1. The number of anilines is 2. The summed E-state index contributed by atoms with van der Waals surface area (Å²) in [6.07, 6.45) is 6.66. The molecule has 3 saturated heterocycles. The second-order valence-corrected chi connectivity index (χ2v) is 13.0. The molecule has 1 aromatic heterocycles. The minimum Gasteiger partial charge on any atom is -0.461 e. The molecule has 0 spiro atoms. The van der Waals surface area contributed by atoms with Gasteiger partial charge in [0, 0.05) is 48.1 Å². The van der Waals surface area contributed by atoms with Gasteiger partial charge in [0.2, 0.25) is 0 Å². The van der Waals surface area contributed by atoms with Crippen molar-refractivity contribution >= 4 is 33.8 Å². The van der Waals surface area contributed by atoms with E-state index in [1.54, 1.807) is 0 Å². The zero-order valence-corrected chi connectivity index (χ0v) is 24.5. The highest BCUT2D eigenvalue weighted by Gasteiger charge is 2.49. The van der Waals surface area contributed by atoms with Crippen LogP contribution in [0, 0.1) is 11.8 Å². The van der Waals surface area contributed by atoms with E-state index >= 15 is 0 Å². The lowest BCUT2D eigenvalue weighted by atomic mass is 9.95. The van der Waals surface area contributed by atoms with Crippen molar-refractivity contribution in [3.63, 3.8) is 0 Å². The van der Waals surface area contributed by atoms with E-state index in [9.17, 15) is 9.59 Å². The smallest absolute Gasteiger partial charge is 0.318 e. The zero-order chi connectivity index (χ0) is 28.4. The monoisotopic (exact) mass is 565 g/mol. The van der Waals surface area contributed by atoms with Crippen molar-refractivity contribution < 1.29 is 14.3 Å². The minimum absolute atomic E-state index is 0.0856. The fourth-order valence-electron chi connectivity index (χ4n) is 8.60. The molecule has 5 aliphatic rings. The van der Waals surface area contributed by atoms with Crippen molar-refractivity contribution in [1.82, 2.24) is 14.9 Å². The van der Waals surface area contributed by atoms with E-state index in [4.69, 9.17) is 14.7 Å². The van der Waals surface area contributed by atoms with Gasteiger partial charge >= 0.3 is 6.01 Å². The van der Waals surface area contributed by atoms with E-state index in [1.165, 1.54) is 47.7 Å². The summed E-state index contributed by atoms with van der Waals surface area (Å²) in [6, 6.07) is 13.6. The first kappa shape index (κ1) is 26.1. The first-order valence-corrected chi connectivity index (χ1v) is 15.9. The Labute approximate surface area is 247 Å². The van der Waals surface area contributed by atoms with Gasteiger partial charge in [-0.2, -0.15) is 9.97 Å². The molecule has 4 fully saturated rings. The summed E-state index contributed by atoms with van der Waals surface area (Å²) in [5.74, 6) is 0.620. The van der Waals surface area contributed by atoms with Gasteiger partial charge in [-0.25, -0.2) is 0 Å². The number of benzene rings is 2. The largest absolute Gasteiger partial charge is 0.461 e. The third kappa shape index (κ3) is 4.13. The Bertz CT molecular complexity index is 1550. The van der Waals surface area contributed by atoms with E-state index in [2.05, 4.69) is 58.0 Å². The molecule has 0 N–H and O–H groups in total. The molecular formula is C34H39N5O3. The second kappa shape index (κ2) is 10.0. The number of hydrogen-bond donors (Lipinski definition) is 0. The minimum atomic E-state index is -0.208.